The molecular weight excluding hydrogens is 318 g/mol. The van der Waals surface area contributed by atoms with Gasteiger partial charge in [0, 0.05) is 51.5 Å². The number of pyridine rings is 1. The number of nitrogens with zero attached hydrogens (tertiary/aromatic N) is 3. The lowest BCUT2D eigenvalue weighted by atomic mass is 10.2. The number of ether oxygens (including phenoxy) is 1. The van der Waals surface area contributed by atoms with Gasteiger partial charge in [0.2, 0.25) is 0 Å². The van der Waals surface area contributed by atoms with Crippen LogP contribution in [0.1, 0.15) is 26.3 Å². The van der Waals surface area contributed by atoms with Gasteiger partial charge in [0.25, 0.3) is 0 Å². The molecule has 25 heavy (non-hydrogen) atoms. The molecule has 1 aliphatic heterocycles. The number of nitrogens with one attached hydrogen (secondary N) is 2. The summed E-state index contributed by atoms with van der Waals surface area (Å²) in [5.74, 6) is 0.970. The minimum absolute atomic E-state index is 0.0984. The zero-order chi connectivity index (χ0) is 18.1. The maximum Gasteiger partial charge on any atom is 0.315 e. The normalized spacial score (nSPS) is 16.3. The van der Waals surface area contributed by atoms with Gasteiger partial charge >= 0.3 is 6.03 Å². The van der Waals surface area contributed by atoms with Crippen molar-refractivity contribution < 1.29 is 9.53 Å². The van der Waals surface area contributed by atoms with Crippen molar-refractivity contribution in [1.29, 1.82) is 0 Å². The third kappa shape index (κ3) is 6.51. The topological polar surface area (TPSA) is 69.7 Å². The summed E-state index contributed by atoms with van der Waals surface area (Å²) in [4.78, 5) is 21.0. The van der Waals surface area contributed by atoms with E-state index in [4.69, 9.17) is 4.74 Å². The molecule has 1 aromatic heterocycles. The van der Waals surface area contributed by atoms with Gasteiger partial charge in [-0.25, -0.2) is 9.78 Å². The summed E-state index contributed by atoms with van der Waals surface area (Å²) in [6.45, 7) is 12.8. The van der Waals surface area contributed by atoms with Gasteiger partial charge in [-0.15, -0.1) is 0 Å². The number of amides is 2. The molecule has 0 unspecified atom stereocenters. The minimum atomic E-state index is -0.145. The predicted molar refractivity (Wildman–Crippen MR) is 99.9 cm³/mol. The Kier molecular flexibility index (Phi) is 7.94. The molecule has 1 fully saturated rings. The van der Waals surface area contributed by atoms with E-state index in [0.717, 1.165) is 57.3 Å². The van der Waals surface area contributed by atoms with Crippen LogP contribution in [-0.2, 0) is 11.3 Å². The van der Waals surface area contributed by atoms with Crippen LogP contribution in [-0.4, -0.2) is 67.9 Å². The lowest BCUT2D eigenvalue weighted by molar-refractivity contribution is 0.0349. The molecular formula is C18H31N5O2. The first-order valence-electron chi connectivity index (χ1n) is 9.16. The van der Waals surface area contributed by atoms with E-state index in [1.165, 1.54) is 0 Å². The Labute approximate surface area is 150 Å². The molecule has 0 radical (unpaired) electrons. The third-order valence-electron chi connectivity index (χ3n) is 4.36. The highest BCUT2D eigenvalue weighted by Gasteiger charge is 2.15. The fraction of sp³-hybridized carbons (Fsp3) is 0.667. The smallest absolute Gasteiger partial charge is 0.315 e. The fourth-order valence-electron chi connectivity index (χ4n) is 2.93. The van der Waals surface area contributed by atoms with Gasteiger partial charge in [0.05, 0.1) is 13.2 Å². The van der Waals surface area contributed by atoms with E-state index >= 15 is 0 Å². The first-order valence-corrected chi connectivity index (χ1v) is 9.16. The number of anilines is 1. The van der Waals surface area contributed by atoms with Crippen LogP contribution >= 0.6 is 0 Å². The molecule has 2 N–H and O–H groups in total. The highest BCUT2D eigenvalue weighted by molar-refractivity contribution is 5.74. The molecule has 1 aliphatic rings. The number of hydrogen-bond donors (Lipinski definition) is 2. The second-order valence-corrected chi connectivity index (χ2v) is 6.34. The van der Waals surface area contributed by atoms with Crippen molar-refractivity contribution in [2.24, 2.45) is 0 Å². The summed E-state index contributed by atoms with van der Waals surface area (Å²) >= 11 is 0. The van der Waals surface area contributed by atoms with Gasteiger partial charge in [0.1, 0.15) is 5.82 Å². The Balaban J connectivity index is 1.71. The van der Waals surface area contributed by atoms with Crippen molar-refractivity contribution in [3.63, 3.8) is 0 Å². The van der Waals surface area contributed by atoms with E-state index in [0.29, 0.717) is 6.54 Å². The molecule has 7 nitrogen and oxygen atoms in total. The molecule has 7 heteroatoms. The van der Waals surface area contributed by atoms with E-state index in [9.17, 15) is 4.79 Å². The van der Waals surface area contributed by atoms with E-state index in [2.05, 4.69) is 39.3 Å². The molecule has 2 heterocycles. The van der Waals surface area contributed by atoms with Gasteiger partial charge in [-0.05, 0) is 32.4 Å². The standard InChI is InChI=1S/C18H31N5O2/c1-4-23(5-2)17-7-6-16(12-19-17)13-20-18(24)21-15(3)14-22-8-10-25-11-9-22/h6-7,12,15H,4-5,8-11,13-14H2,1-3H3,(H2,20,21,24)/t15-/m0/s1. The van der Waals surface area contributed by atoms with Gasteiger partial charge in [-0.3, -0.25) is 4.90 Å². The Morgan fingerprint density at radius 3 is 2.64 bits per heavy atom. The molecule has 0 spiro atoms. The van der Waals surface area contributed by atoms with Crippen molar-refractivity contribution >= 4 is 11.8 Å². The molecule has 0 aromatic carbocycles. The lowest BCUT2D eigenvalue weighted by Crippen LogP contribution is -2.48. The van der Waals surface area contributed by atoms with E-state index in [1.54, 1.807) is 0 Å². The number of carbonyl (C=O) groups is 1. The number of morpholine rings is 1. The third-order valence-corrected chi connectivity index (χ3v) is 4.36. The first kappa shape index (κ1) is 19.5. The summed E-state index contributed by atoms with van der Waals surface area (Å²) in [6, 6.07) is 3.97. The van der Waals surface area contributed by atoms with E-state index in [1.807, 2.05) is 25.3 Å². The largest absolute Gasteiger partial charge is 0.379 e. The van der Waals surface area contributed by atoms with Crippen molar-refractivity contribution in [3.8, 4) is 0 Å². The molecule has 0 aliphatic carbocycles. The van der Waals surface area contributed by atoms with Crippen molar-refractivity contribution in [2.75, 3.05) is 50.8 Å². The maximum atomic E-state index is 12.0. The summed E-state index contributed by atoms with van der Waals surface area (Å²) in [6.07, 6.45) is 1.82. The second kappa shape index (κ2) is 10.2. The SMILES string of the molecule is CCN(CC)c1ccc(CNC(=O)N[C@@H](C)CN2CCOCC2)cn1. The van der Waals surface area contributed by atoms with Crippen molar-refractivity contribution in [1.82, 2.24) is 20.5 Å². The molecule has 140 valence electrons. The van der Waals surface area contributed by atoms with Gasteiger partial charge in [-0.1, -0.05) is 6.07 Å². The fourth-order valence-corrected chi connectivity index (χ4v) is 2.93. The van der Waals surface area contributed by atoms with Crippen molar-refractivity contribution in [2.45, 2.75) is 33.4 Å². The van der Waals surface area contributed by atoms with Gasteiger partial charge in [0.15, 0.2) is 0 Å². The number of carbonyl (C=O) groups excluding carboxylic acids is 1. The predicted octanol–water partition coefficient (Wildman–Crippen LogP) is 1.45. The second-order valence-electron chi connectivity index (χ2n) is 6.34. The number of hydrogen-bond acceptors (Lipinski definition) is 5. The van der Waals surface area contributed by atoms with E-state index in [-0.39, 0.29) is 12.1 Å². The average Bonchev–Trinajstić information content (AvgIpc) is 2.63. The summed E-state index contributed by atoms with van der Waals surface area (Å²) in [5, 5.41) is 5.88. The number of aromatic nitrogens is 1. The maximum absolute atomic E-state index is 12.0. The summed E-state index contributed by atoms with van der Waals surface area (Å²) in [7, 11) is 0. The molecule has 1 aromatic rings. The first-order chi connectivity index (χ1) is 12.1. The van der Waals surface area contributed by atoms with Gasteiger partial charge < -0.3 is 20.3 Å². The summed E-state index contributed by atoms with van der Waals surface area (Å²) < 4.78 is 5.34. The van der Waals surface area contributed by atoms with E-state index < -0.39 is 0 Å². The van der Waals surface area contributed by atoms with Crippen LogP contribution in [0, 0.1) is 0 Å². The van der Waals surface area contributed by atoms with Crippen LogP contribution in [0.3, 0.4) is 0 Å². The molecule has 0 bridgehead atoms. The van der Waals surface area contributed by atoms with Crippen LogP contribution in [0.4, 0.5) is 10.6 Å². The molecule has 0 saturated carbocycles. The molecule has 2 rings (SSSR count). The quantitative estimate of drug-likeness (QED) is 0.743. The minimum Gasteiger partial charge on any atom is -0.379 e. The Morgan fingerprint density at radius 2 is 2.04 bits per heavy atom. The molecule has 1 saturated heterocycles. The van der Waals surface area contributed by atoms with Gasteiger partial charge in [-0.2, -0.15) is 0 Å². The molecule has 1 atom stereocenters. The Bertz CT molecular complexity index is 513. The van der Waals surface area contributed by atoms with Crippen LogP contribution in [0.15, 0.2) is 18.3 Å². The highest BCUT2D eigenvalue weighted by Crippen LogP contribution is 2.10. The summed E-state index contributed by atoms with van der Waals surface area (Å²) in [5.41, 5.74) is 0.992. The Hall–Kier alpha value is -1.86. The lowest BCUT2D eigenvalue weighted by Gasteiger charge is -2.29. The average molecular weight is 349 g/mol. The zero-order valence-corrected chi connectivity index (χ0v) is 15.6. The van der Waals surface area contributed by atoms with Crippen LogP contribution in [0.2, 0.25) is 0 Å². The number of urea groups is 1. The zero-order valence-electron chi connectivity index (χ0n) is 15.6. The molecule has 2 amide bonds. The van der Waals surface area contributed by atoms with Crippen LogP contribution in [0.5, 0.6) is 0 Å². The highest BCUT2D eigenvalue weighted by atomic mass is 16.5. The number of rotatable bonds is 8. The van der Waals surface area contributed by atoms with Crippen LogP contribution < -0.4 is 15.5 Å². The monoisotopic (exact) mass is 349 g/mol. The Morgan fingerprint density at radius 1 is 1.32 bits per heavy atom. The van der Waals surface area contributed by atoms with Crippen molar-refractivity contribution in [3.05, 3.63) is 23.9 Å². The van der Waals surface area contributed by atoms with Crippen LogP contribution in [0.25, 0.3) is 0 Å².